The van der Waals surface area contributed by atoms with E-state index in [0.29, 0.717) is 18.5 Å². The Morgan fingerprint density at radius 2 is 1.92 bits per heavy atom. The number of halogens is 3. The molecule has 1 amide bonds. The molecular formula is C26H26F3N5O3. The molecule has 194 valence electrons. The maximum absolute atomic E-state index is 14.8. The van der Waals surface area contributed by atoms with Crippen molar-refractivity contribution in [3.8, 4) is 0 Å². The van der Waals surface area contributed by atoms with Gasteiger partial charge in [-0.15, -0.1) is 0 Å². The number of carbonyl (C=O) groups is 1. The average molecular weight is 514 g/mol. The second-order valence-electron chi connectivity index (χ2n) is 10.5. The van der Waals surface area contributed by atoms with E-state index in [2.05, 4.69) is 10.4 Å². The molecule has 0 unspecified atom stereocenters. The summed E-state index contributed by atoms with van der Waals surface area (Å²) in [7, 11) is 1.44. The van der Waals surface area contributed by atoms with Crippen LogP contribution in [0, 0.1) is 17.7 Å². The number of alkyl halides is 2. The fourth-order valence-corrected chi connectivity index (χ4v) is 5.72. The van der Waals surface area contributed by atoms with Gasteiger partial charge in [0.05, 0.1) is 22.5 Å². The van der Waals surface area contributed by atoms with Crippen LogP contribution in [0.5, 0.6) is 0 Å². The minimum Gasteiger partial charge on any atom is -0.361 e. The van der Waals surface area contributed by atoms with Gasteiger partial charge in [-0.05, 0) is 26.2 Å². The number of benzene rings is 1. The van der Waals surface area contributed by atoms with Crippen LogP contribution < -0.4 is 16.4 Å². The lowest BCUT2D eigenvalue weighted by Gasteiger charge is -2.23. The van der Waals surface area contributed by atoms with E-state index in [1.54, 1.807) is 17.7 Å². The van der Waals surface area contributed by atoms with E-state index in [0.717, 1.165) is 30.0 Å². The highest BCUT2D eigenvalue weighted by molar-refractivity contribution is 5.90. The summed E-state index contributed by atoms with van der Waals surface area (Å²) in [5.74, 6) is -0.393. The van der Waals surface area contributed by atoms with Crippen molar-refractivity contribution in [3.05, 3.63) is 68.1 Å². The molecule has 6 rings (SSSR count). The van der Waals surface area contributed by atoms with Crippen LogP contribution in [-0.4, -0.2) is 38.2 Å². The second-order valence-corrected chi connectivity index (χ2v) is 10.5. The van der Waals surface area contributed by atoms with Gasteiger partial charge in [-0.1, -0.05) is 18.2 Å². The number of aromatic nitrogens is 3. The van der Waals surface area contributed by atoms with Gasteiger partial charge in [0.15, 0.2) is 5.82 Å². The van der Waals surface area contributed by atoms with Crippen LogP contribution >= 0.6 is 0 Å². The number of piperidine rings is 1. The van der Waals surface area contributed by atoms with Gasteiger partial charge in [0, 0.05) is 55.2 Å². The zero-order chi connectivity index (χ0) is 26.2. The molecular weight excluding hydrogens is 487 g/mol. The van der Waals surface area contributed by atoms with Gasteiger partial charge in [-0.2, -0.15) is 5.10 Å². The normalized spacial score (nSPS) is 23.4. The van der Waals surface area contributed by atoms with Crippen LogP contribution in [0.4, 0.5) is 19.0 Å². The largest absolute Gasteiger partial charge is 0.361 e. The van der Waals surface area contributed by atoms with Crippen LogP contribution in [0.2, 0.25) is 0 Å². The molecule has 3 heterocycles. The van der Waals surface area contributed by atoms with Crippen LogP contribution in [0.3, 0.4) is 0 Å². The summed E-state index contributed by atoms with van der Waals surface area (Å²) in [6.07, 6.45) is 1.22. The Bertz CT molecular complexity index is 1560. The lowest BCUT2D eigenvalue weighted by Crippen LogP contribution is -2.39. The lowest BCUT2D eigenvalue weighted by molar-refractivity contribution is -0.132. The maximum Gasteiger partial charge on any atom is 0.274 e. The number of anilines is 1. The highest BCUT2D eigenvalue weighted by atomic mass is 19.3. The maximum atomic E-state index is 14.8. The highest BCUT2D eigenvalue weighted by Crippen LogP contribution is 2.56. The van der Waals surface area contributed by atoms with Gasteiger partial charge in [0.1, 0.15) is 5.82 Å². The molecule has 11 heteroatoms. The number of pyridine rings is 1. The van der Waals surface area contributed by atoms with Crippen LogP contribution in [-0.2, 0) is 17.4 Å². The second kappa shape index (κ2) is 8.19. The third kappa shape index (κ3) is 3.74. The van der Waals surface area contributed by atoms with Crippen LogP contribution in [0.15, 0.2) is 40.1 Å². The fraction of sp³-hybridized carbons (Fsp3) is 0.462. The van der Waals surface area contributed by atoms with E-state index in [4.69, 9.17) is 0 Å². The topological polar surface area (TPSA) is 89.2 Å². The molecule has 0 bridgehead atoms. The molecule has 0 radical (unpaired) electrons. The predicted molar refractivity (Wildman–Crippen MR) is 130 cm³/mol. The van der Waals surface area contributed by atoms with Gasteiger partial charge in [0.2, 0.25) is 5.91 Å². The number of likely N-dealkylation sites (tertiary alicyclic amines) is 1. The molecule has 1 N–H and O–H groups in total. The van der Waals surface area contributed by atoms with Crippen molar-refractivity contribution in [2.24, 2.45) is 18.9 Å². The summed E-state index contributed by atoms with van der Waals surface area (Å²) in [6, 6.07) is 4.33. The number of hydrogen-bond acceptors (Lipinski definition) is 5. The first kappa shape index (κ1) is 23.7. The third-order valence-electron chi connectivity index (χ3n) is 8.02. The minimum atomic E-state index is -2.96. The van der Waals surface area contributed by atoms with E-state index >= 15 is 0 Å². The van der Waals surface area contributed by atoms with Crippen molar-refractivity contribution >= 4 is 22.5 Å². The molecule has 1 aliphatic heterocycles. The van der Waals surface area contributed by atoms with Crippen LogP contribution in [0.25, 0.3) is 10.8 Å². The first-order valence-electron chi connectivity index (χ1n) is 12.4. The number of aryl methyl sites for hydroxylation is 1. The van der Waals surface area contributed by atoms with Gasteiger partial charge < -0.3 is 14.8 Å². The first-order chi connectivity index (χ1) is 17.6. The summed E-state index contributed by atoms with van der Waals surface area (Å²) in [4.78, 5) is 40.5. The number of carbonyl (C=O) groups excluding carboxylic acids is 1. The van der Waals surface area contributed by atoms with E-state index in [1.165, 1.54) is 25.2 Å². The smallest absolute Gasteiger partial charge is 0.274 e. The van der Waals surface area contributed by atoms with E-state index in [9.17, 15) is 27.6 Å². The first-order valence-corrected chi connectivity index (χ1v) is 12.4. The lowest BCUT2D eigenvalue weighted by atomic mass is 10.0. The van der Waals surface area contributed by atoms with Gasteiger partial charge >= 0.3 is 0 Å². The van der Waals surface area contributed by atoms with Crippen molar-refractivity contribution in [2.45, 2.75) is 44.2 Å². The number of rotatable bonds is 6. The van der Waals surface area contributed by atoms with E-state index in [1.807, 2.05) is 4.90 Å². The standard InChI is InChI=1S/C26H26F3N5O3/c1-13(16-4-3-5-17(21(16)27)22(28)29)30-23-19-11-34(20(35)8-18(19)25(37)32(2)31-23)26-9-15(26)10-33(12-26)24(36)14-6-7-14/h3-5,8,11,13-15,22H,6-7,9-10,12H2,1-2H3,(H,30,31)/t13-,15-,26-/m1/s1. The minimum absolute atomic E-state index is 0.0285. The molecule has 3 aliphatic rings. The summed E-state index contributed by atoms with van der Waals surface area (Å²) < 4.78 is 44.0. The molecule has 1 saturated heterocycles. The van der Waals surface area contributed by atoms with Gasteiger partial charge in [-0.25, -0.2) is 17.9 Å². The van der Waals surface area contributed by atoms with E-state index in [-0.39, 0.29) is 40.1 Å². The Hall–Kier alpha value is -3.63. The fourth-order valence-electron chi connectivity index (χ4n) is 5.72. The number of fused-ring (bicyclic) bond motifs is 2. The Morgan fingerprint density at radius 3 is 2.62 bits per heavy atom. The van der Waals surface area contributed by atoms with Crippen LogP contribution in [0.1, 0.15) is 49.8 Å². The van der Waals surface area contributed by atoms with Crippen molar-refractivity contribution in [2.75, 3.05) is 18.4 Å². The third-order valence-corrected chi connectivity index (χ3v) is 8.02. The van der Waals surface area contributed by atoms with Crippen molar-refractivity contribution in [1.29, 1.82) is 0 Å². The number of amides is 1. The van der Waals surface area contributed by atoms with Crippen molar-refractivity contribution in [1.82, 2.24) is 19.2 Å². The van der Waals surface area contributed by atoms with E-state index < -0.39 is 34.9 Å². The van der Waals surface area contributed by atoms with Gasteiger partial charge in [0.25, 0.3) is 17.5 Å². The number of nitrogens with one attached hydrogen (secondary N) is 1. The number of hydrogen-bond donors (Lipinski definition) is 1. The van der Waals surface area contributed by atoms with Crippen molar-refractivity contribution < 1.29 is 18.0 Å². The quantitative estimate of drug-likeness (QED) is 0.547. The average Bonchev–Trinajstić information content (AvgIpc) is 3.79. The Labute approximate surface area is 209 Å². The summed E-state index contributed by atoms with van der Waals surface area (Å²) >= 11 is 0. The predicted octanol–water partition coefficient (Wildman–Crippen LogP) is 3.31. The summed E-state index contributed by atoms with van der Waals surface area (Å²) in [5.41, 5.74) is -1.99. The summed E-state index contributed by atoms with van der Waals surface area (Å²) in [6.45, 7) is 2.66. The Kier molecular flexibility index (Phi) is 5.26. The number of nitrogens with zero attached hydrogens (tertiary/aromatic N) is 4. The molecule has 2 aliphatic carbocycles. The molecule has 2 saturated carbocycles. The van der Waals surface area contributed by atoms with Gasteiger partial charge in [-0.3, -0.25) is 14.4 Å². The zero-order valence-electron chi connectivity index (χ0n) is 20.4. The molecule has 37 heavy (non-hydrogen) atoms. The zero-order valence-corrected chi connectivity index (χ0v) is 20.4. The Morgan fingerprint density at radius 1 is 1.19 bits per heavy atom. The SMILES string of the molecule is C[C@@H](Nc1nn(C)c(=O)c2cc(=O)n([C@@]34C[C@@H]3CN(C(=O)C3CC3)C4)cc12)c1cccc(C(F)F)c1F. The monoisotopic (exact) mass is 513 g/mol. The van der Waals surface area contributed by atoms with Crippen molar-refractivity contribution in [3.63, 3.8) is 0 Å². The molecule has 2 aromatic heterocycles. The molecule has 8 nitrogen and oxygen atoms in total. The molecule has 1 aromatic carbocycles. The Balaban J connectivity index is 1.40. The highest BCUT2D eigenvalue weighted by Gasteiger charge is 2.63. The molecule has 0 spiro atoms. The molecule has 3 aromatic rings. The summed E-state index contributed by atoms with van der Waals surface area (Å²) in [5, 5.41) is 7.87. The molecule has 3 atom stereocenters. The molecule has 3 fully saturated rings.